The van der Waals surface area contributed by atoms with Crippen LogP contribution in [-0.4, -0.2) is 23.3 Å². The van der Waals surface area contributed by atoms with Crippen molar-refractivity contribution >= 4 is 10.1 Å². The predicted molar refractivity (Wildman–Crippen MR) is 54.0 cm³/mol. The van der Waals surface area contributed by atoms with Gasteiger partial charge in [0.15, 0.2) is 0 Å². The Bertz CT molecular complexity index is 472. The van der Waals surface area contributed by atoms with Crippen molar-refractivity contribution in [2.45, 2.75) is 25.9 Å². The van der Waals surface area contributed by atoms with E-state index >= 15 is 0 Å². The van der Waals surface area contributed by atoms with E-state index in [9.17, 15) is 13.0 Å². The molecule has 0 aromatic carbocycles. The highest BCUT2D eigenvalue weighted by molar-refractivity contribution is 7.85. The Kier molecular flexibility index (Phi) is 4.46. The SMILES string of the molecule is N#CCC[n+]1ccn(CCCS(=O)(=O)[O-])c1. The minimum absolute atomic E-state index is 0.304. The summed E-state index contributed by atoms with van der Waals surface area (Å²) in [4.78, 5) is 0. The van der Waals surface area contributed by atoms with Gasteiger partial charge >= 0.3 is 0 Å². The van der Waals surface area contributed by atoms with E-state index in [1.165, 1.54) is 0 Å². The fourth-order valence-electron chi connectivity index (χ4n) is 1.31. The van der Waals surface area contributed by atoms with Crippen molar-refractivity contribution in [1.82, 2.24) is 4.57 Å². The van der Waals surface area contributed by atoms with Crippen molar-refractivity contribution < 1.29 is 17.5 Å². The smallest absolute Gasteiger partial charge is 0.243 e. The molecule has 1 rings (SSSR count). The highest BCUT2D eigenvalue weighted by Crippen LogP contribution is 1.93. The van der Waals surface area contributed by atoms with Crippen LogP contribution in [0.25, 0.3) is 0 Å². The number of hydrogen-bond donors (Lipinski definition) is 0. The maximum Gasteiger partial charge on any atom is 0.243 e. The average Bonchev–Trinajstić information content (AvgIpc) is 2.61. The highest BCUT2D eigenvalue weighted by atomic mass is 32.2. The van der Waals surface area contributed by atoms with Gasteiger partial charge in [0.1, 0.15) is 18.9 Å². The molecular weight excluding hydrogens is 230 g/mol. The zero-order valence-corrected chi connectivity index (χ0v) is 9.56. The van der Waals surface area contributed by atoms with Gasteiger partial charge < -0.3 is 4.55 Å². The summed E-state index contributed by atoms with van der Waals surface area (Å²) >= 11 is 0. The van der Waals surface area contributed by atoms with Crippen LogP contribution in [0.3, 0.4) is 0 Å². The lowest BCUT2D eigenvalue weighted by Gasteiger charge is -2.04. The zero-order chi connectivity index (χ0) is 12.0. The van der Waals surface area contributed by atoms with Crippen LogP contribution in [0.4, 0.5) is 0 Å². The third kappa shape index (κ3) is 4.91. The molecule has 0 aliphatic heterocycles. The minimum Gasteiger partial charge on any atom is -0.748 e. The van der Waals surface area contributed by atoms with E-state index in [1.54, 1.807) is 17.1 Å². The van der Waals surface area contributed by atoms with E-state index in [1.807, 2.05) is 16.8 Å². The predicted octanol–water partition coefficient (Wildman–Crippen LogP) is -0.375. The summed E-state index contributed by atoms with van der Waals surface area (Å²) in [7, 11) is -4.11. The molecule has 0 radical (unpaired) electrons. The molecule has 0 saturated heterocycles. The van der Waals surface area contributed by atoms with Crippen molar-refractivity contribution in [3.63, 3.8) is 0 Å². The van der Waals surface area contributed by atoms with Crippen molar-refractivity contribution in [3.05, 3.63) is 18.7 Å². The number of aryl methyl sites for hydroxylation is 2. The molecule has 0 fully saturated rings. The molecule has 7 heteroatoms. The van der Waals surface area contributed by atoms with Gasteiger partial charge in [0, 0.05) is 5.75 Å². The summed E-state index contributed by atoms with van der Waals surface area (Å²) in [5, 5.41) is 8.39. The van der Waals surface area contributed by atoms with Gasteiger partial charge in [-0.25, -0.2) is 17.6 Å². The lowest BCUT2D eigenvalue weighted by atomic mass is 10.5. The lowest BCUT2D eigenvalue weighted by Crippen LogP contribution is -2.30. The molecule has 0 unspecified atom stereocenters. The second kappa shape index (κ2) is 5.63. The normalized spacial score (nSPS) is 11.2. The van der Waals surface area contributed by atoms with Crippen molar-refractivity contribution in [2.75, 3.05) is 5.75 Å². The molecule has 6 nitrogen and oxygen atoms in total. The van der Waals surface area contributed by atoms with Crippen LogP contribution in [0.15, 0.2) is 18.7 Å². The lowest BCUT2D eigenvalue weighted by molar-refractivity contribution is -0.695. The first-order valence-corrected chi connectivity index (χ1v) is 6.44. The van der Waals surface area contributed by atoms with Crippen LogP contribution in [0, 0.1) is 11.3 Å². The summed E-state index contributed by atoms with van der Waals surface area (Å²) in [6.07, 6.45) is 6.12. The molecule has 1 heterocycles. The van der Waals surface area contributed by atoms with Crippen LogP contribution in [0.2, 0.25) is 0 Å². The van der Waals surface area contributed by atoms with E-state index < -0.39 is 10.1 Å². The van der Waals surface area contributed by atoms with Gasteiger partial charge in [-0.15, -0.1) is 0 Å². The molecule has 0 aliphatic carbocycles. The number of nitriles is 1. The molecule has 0 aliphatic rings. The summed E-state index contributed by atoms with van der Waals surface area (Å²) < 4.78 is 34.7. The molecule has 1 aromatic heterocycles. The second-order valence-corrected chi connectivity index (χ2v) is 4.94. The molecular formula is C9H13N3O3S. The Balaban J connectivity index is 2.38. The zero-order valence-electron chi connectivity index (χ0n) is 8.74. The van der Waals surface area contributed by atoms with Gasteiger partial charge in [-0.1, -0.05) is 0 Å². The van der Waals surface area contributed by atoms with Crippen molar-refractivity contribution in [3.8, 4) is 6.07 Å². The van der Waals surface area contributed by atoms with Gasteiger partial charge in [0.2, 0.25) is 6.33 Å². The molecule has 1 aromatic rings. The molecule has 0 bridgehead atoms. The van der Waals surface area contributed by atoms with E-state index in [4.69, 9.17) is 5.26 Å². The number of aromatic nitrogens is 2. The van der Waals surface area contributed by atoms with Crippen LogP contribution < -0.4 is 4.57 Å². The van der Waals surface area contributed by atoms with Crippen LogP contribution >= 0.6 is 0 Å². The fraction of sp³-hybridized carbons (Fsp3) is 0.556. The first-order chi connectivity index (χ1) is 7.51. The topological polar surface area (TPSA) is 89.8 Å². The van der Waals surface area contributed by atoms with Crippen LogP contribution in [0.5, 0.6) is 0 Å². The molecule has 0 spiro atoms. The monoisotopic (exact) mass is 243 g/mol. The van der Waals surface area contributed by atoms with E-state index in [0.717, 1.165) is 0 Å². The Morgan fingerprint density at radius 1 is 1.50 bits per heavy atom. The molecule has 16 heavy (non-hydrogen) atoms. The first kappa shape index (κ1) is 12.7. The Labute approximate surface area is 94.5 Å². The van der Waals surface area contributed by atoms with Crippen molar-refractivity contribution in [1.29, 1.82) is 5.26 Å². The fourth-order valence-corrected chi connectivity index (χ4v) is 1.79. The maximum atomic E-state index is 10.4. The van der Waals surface area contributed by atoms with Crippen molar-refractivity contribution in [2.24, 2.45) is 0 Å². The third-order valence-corrected chi connectivity index (χ3v) is 2.83. The first-order valence-electron chi connectivity index (χ1n) is 4.86. The molecule has 0 saturated carbocycles. The van der Waals surface area contributed by atoms with E-state index in [-0.39, 0.29) is 5.75 Å². The molecule has 88 valence electrons. The van der Waals surface area contributed by atoms with E-state index in [0.29, 0.717) is 25.9 Å². The Hall–Kier alpha value is -1.39. The number of imidazole rings is 1. The van der Waals surface area contributed by atoms with Gasteiger partial charge in [-0.3, -0.25) is 0 Å². The summed E-state index contributed by atoms with van der Waals surface area (Å²) in [6.45, 7) is 1.10. The second-order valence-electron chi connectivity index (χ2n) is 3.41. The summed E-state index contributed by atoms with van der Waals surface area (Å²) in [5.74, 6) is -0.344. The van der Waals surface area contributed by atoms with Gasteiger partial charge in [-0.05, 0) is 6.42 Å². The van der Waals surface area contributed by atoms with Gasteiger partial charge in [0.25, 0.3) is 0 Å². The average molecular weight is 243 g/mol. The van der Waals surface area contributed by atoms with Crippen LogP contribution in [-0.2, 0) is 23.2 Å². The molecule has 0 N–H and O–H groups in total. The molecule has 0 atom stereocenters. The number of hydrogen-bond acceptors (Lipinski definition) is 4. The Morgan fingerprint density at radius 2 is 2.25 bits per heavy atom. The largest absolute Gasteiger partial charge is 0.748 e. The summed E-state index contributed by atoms with van der Waals surface area (Å²) in [5.41, 5.74) is 0. The van der Waals surface area contributed by atoms with Crippen LogP contribution in [0.1, 0.15) is 12.8 Å². The van der Waals surface area contributed by atoms with Gasteiger partial charge in [-0.2, -0.15) is 5.26 Å². The third-order valence-electron chi connectivity index (χ3n) is 2.04. The number of rotatable bonds is 6. The minimum atomic E-state index is -4.11. The van der Waals surface area contributed by atoms with Gasteiger partial charge in [0.05, 0.1) is 29.2 Å². The standard InChI is InChI=1S/C9H13N3O3S/c10-3-1-4-11-6-7-12(9-11)5-2-8-16(13,14)15/h6-7,9H,1-2,4-5,8H2. The Morgan fingerprint density at radius 3 is 2.88 bits per heavy atom. The molecule has 0 amide bonds. The number of nitrogens with zero attached hydrogens (tertiary/aromatic N) is 3. The highest BCUT2D eigenvalue weighted by Gasteiger charge is 2.04. The van der Waals surface area contributed by atoms with E-state index in [2.05, 4.69) is 0 Å². The quantitative estimate of drug-likeness (QED) is 0.503. The summed E-state index contributed by atoms with van der Waals surface area (Å²) in [6, 6.07) is 2.04. The maximum absolute atomic E-state index is 10.4.